The molecule has 2 rings (SSSR count). The number of anilines is 3. The van der Waals surface area contributed by atoms with Crippen molar-refractivity contribution in [2.45, 2.75) is 0 Å². The molecule has 0 atom stereocenters. The Morgan fingerprint density at radius 2 is 1.74 bits per heavy atom. The lowest BCUT2D eigenvalue weighted by atomic mass is 10.2. The van der Waals surface area contributed by atoms with E-state index in [-0.39, 0.29) is 0 Å². The molecule has 5 heteroatoms. The minimum Gasteiger partial charge on any atom is -0.399 e. The molecule has 0 aliphatic rings. The maximum absolute atomic E-state index is 8.82. The highest BCUT2D eigenvalue weighted by atomic mass is 32.1. The normalized spacial score (nSPS) is 9.42. The van der Waals surface area contributed by atoms with Gasteiger partial charge in [-0.05, 0) is 54.7 Å². The fourth-order valence-electron chi connectivity index (χ4n) is 1.53. The predicted molar refractivity (Wildman–Crippen MR) is 81.9 cm³/mol. The van der Waals surface area contributed by atoms with Crippen LogP contribution in [0.4, 0.5) is 17.1 Å². The van der Waals surface area contributed by atoms with E-state index in [2.05, 4.69) is 16.7 Å². The second-order valence-corrected chi connectivity index (χ2v) is 4.30. The first-order chi connectivity index (χ1) is 9.17. The van der Waals surface area contributed by atoms with Gasteiger partial charge in [0.1, 0.15) is 0 Å². The van der Waals surface area contributed by atoms with E-state index >= 15 is 0 Å². The number of rotatable bonds is 2. The minimum absolute atomic E-state index is 0.458. The predicted octanol–water partition coefficient (Wildman–Crippen LogP) is 2.95. The molecule has 0 saturated carbocycles. The van der Waals surface area contributed by atoms with Crippen LogP contribution in [-0.4, -0.2) is 5.11 Å². The molecule has 0 aliphatic carbocycles. The summed E-state index contributed by atoms with van der Waals surface area (Å²) < 4.78 is 0. The number of nitriles is 1. The Hall–Kier alpha value is -2.58. The lowest BCUT2D eigenvalue weighted by Crippen LogP contribution is -2.19. The van der Waals surface area contributed by atoms with Crippen molar-refractivity contribution in [2.75, 3.05) is 16.4 Å². The largest absolute Gasteiger partial charge is 0.399 e. The number of nitrogens with one attached hydrogen (secondary N) is 2. The smallest absolute Gasteiger partial charge is 0.175 e. The standard InChI is InChI=1S/C14H12N4S/c15-9-10-2-1-3-13(8-10)18-14(19)17-12-6-4-11(16)5-7-12/h1-8H,16H2,(H2,17,18,19). The summed E-state index contributed by atoms with van der Waals surface area (Å²) >= 11 is 5.19. The minimum atomic E-state index is 0.458. The van der Waals surface area contributed by atoms with Crippen molar-refractivity contribution >= 4 is 34.4 Å². The van der Waals surface area contributed by atoms with Crippen LogP contribution in [-0.2, 0) is 0 Å². The molecule has 0 fully saturated rings. The molecule has 4 N–H and O–H groups in total. The van der Waals surface area contributed by atoms with E-state index in [1.807, 2.05) is 18.2 Å². The van der Waals surface area contributed by atoms with Gasteiger partial charge in [0, 0.05) is 17.1 Å². The molecule has 0 radical (unpaired) electrons. The highest BCUT2D eigenvalue weighted by Crippen LogP contribution is 2.13. The zero-order valence-corrected chi connectivity index (χ0v) is 10.9. The number of nitrogen functional groups attached to an aromatic ring is 1. The number of nitrogens with two attached hydrogens (primary N) is 1. The van der Waals surface area contributed by atoms with Crippen molar-refractivity contribution < 1.29 is 0 Å². The number of benzene rings is 2. The van der Waals surface area contributed by atoms with Crippen LogP contribution < -0.4 is 16.4 Å². The van der Waals surface area contributed by atoms with Crippen LogP contribution >= 0.6 is 12.2 Å². The molecular weight excluding hydrogens is 256 g/mol. The van der Waals surface area contributed by atoms with Crippen LogP contribution in [0.15, 0.2) is 48.5 Å². The van der Waals surface area contributed by atoms with Gasteiger partial charge >= 0.3 is 0 Å². The van der Waals surface area contributed by atoms with Crippen LogP contribution in [0.3, 0.4) is 0 Å². The number of hydrogen-bond acceptors (Lipinski definition) is 3. The van der Waals surface area contributed by atoms with Crippen molar-refractivity contribution in [3.05, 3.63) is 54.1 Å². The summed E-state index contributed by atoms with van der Waals surface area (Å²) in [7, 11) is 0. The first-order valence-electron chi connectivity index (χ1n) is 5.61. The van der Waals surface area contributed by atoms with E-state index in [4.69, 9.17) is 23.2 Å². The van der Waals surface area contributed by atoms with Crippen LogP contribution in [0.2, 0.25) is 0 Å². The maximum Gasteiger partial charge on any atom is 0.175 e. The molecule has 4 nitrogen and oxygen atoms in total. The Kier molecular flexibility index (Phi) is 3.96. The van der Waals surface area contributed by atoms with Crippen molar-refractivity contribution in [1.82, 2.24) is 0 Å². The van der Waals surface area contributed by atoms with Crippen molar-refractivity contribution in [1.29, 1.82) is 5.26 Å². The van der Waals surface area contributed by atoms with Gasteiger partial charge in [-0.3, -0.25) is 0 Å². The van der Waals surface area contributed by atoms with E-state index in [0.29, 0.717) is 16.4 Å². The Morgan fingerprint density at radius 3 is 2.42 bits per heavy atom. The number of thiocarbonyl (C=S) groups is 1. The number of hydrogen-bond donors (Lipinski definition) is 3. The van der Waals surface area contributed by atoms with Gasteiger partial charge in [-0.1, -0.05) is 6.07 Å². The summed E-state index contributed by atoms with van der Waals surface area (Å²) in [5.74, 6) is 0. The SMILES string of the molecule is N#Cc1cccc(NC(=S)Nc2ccc(N)cc2)c1. The third-order valence-corrected chi connectivity index (χ3v) is 2.62. The Morgan fingerprint density at radius 1 is 1.05 bits per heavy atom. The summed E-state index contributed by atoms with van der Waals surface area (Å²) in [5, 5.41) is 15.3. The Labute approximate surface area is 116 Å². The summed E-state index contributed by atoms with van der Waals surface area (Å²) in [6.45, 7) is 0. The lowest BCUT2D eigenvalue weighted by Gasteiger charge is -2.10. The topological polar surface area (TPSA) is 73.9 Å². The van der Waals surface area contributed by atoms with Gasteiger partial charge in [0.15, 0.2) is 5.11 Å². The molecule has 94 valence electrons. The first-order valence-corrected chi connectivity index (χ1v) is 6.02. The second-order valence-electron chi connectivity index (χ2n) is 3.89. The third-order valence-electron chi connectivity index (χ3n) is 2.42. The van der Waals surface area contributed by atoms with Gasteiger partial charge in [-0.25, -0.2) is 0 Å². The van der Waals surface area contributed by atoms with Gasteiger partial charge in [-0.2, -0.15) is 5.26 Å². The Balaban J connectivity index is 2.01. The molecule has 0 aromatic heterocycles. The molecule has 0 aliphatic heterocycles. The zero-order chi connectivity index (χ0) is 13.7. The van der Waals surface area contributed by atoms with Crippen molar-refractivity contribution in [3.63, 3.8) is 0 Å². The quantitative estimate of drug-likeness (QED) is 0.577. The van der Waals surface area contributed by atoms with Gasteiger partial charge < -0.3 is 16.4 Å². The molecule has 0 amide bonds. The van der Waals surface area contributed by atoms with E-state index < -0.39 is 0 Å². The molecule has 0 unspecified atom stereocenters. The number of nitrogens with zero attached hydrogens (tertiary/aromatic N) is 1. The van der Waals surface area contributed by atoms with Crippen molar-refractivity contribution in [2.24, 2.45) is 0 Å². The van der Waals surface area contributed by atoms with E-state index in [0.717, 1.165) is 11.4 Å². The summed E-state index contributed by atoms with van der Waals surface area (Å²) in [6.07, 6.45) is 0. The van der Waals surface area contributed by atoms with Crippen LogP contribution in [0.1, 0.15) is 5.56 Å². The van der Waals surface area contributed by atoms with Crippen LogP contribution in [0.25, 0.3) is 0 Å². The van der Waals surface area contributed by atoms with Gasteiger partial charge in [0.05, 0.1) is 11.6 Å². The average Bonchev–Trinajstić information content (AvgIpc) is 2.41. The lowest BCUT2D eigenvalue weighted by molar-refractivity contribution is 1.48. The second kappa shape index (κ2) is 5.85. The summed E-state index contributed by atoms with van der Waals surface area (Å²) in [6, 6.07) is 16.5. The van der Waals surface area contributed by atoms with E-state index in [1.54, 1.807) is 30.3 Å². The van der Waals surface area contributed by atoms with Crippen LogP contribution in [0, 0.1) is 11.3 Å². The van der Waals surface area contributed by atoms with E-state index in [1.165, 1.54) is 0 Å². The molecule has 0 heterocycles. The highest BCUT2D eigenvalue weighted by molar-refractivity contribution is 7.80. The van der Waals surface area contributed by atoms with Crippen molar-refractivity contribution in [3.8, 4) is 6.07 Å². The Bertz CT molecular complexity index is 629. The highest BCUT2D eigenvalue weighted by Gasteiger charge is 2.00. The molecule has 2 aromatic rings. The van der Waals surface area contributed by atoms with Crippen LogP contribution in [0.5, 0.6) is 0 Å². The molecule has 19 heavy (non-hydrogen) atoms. The van der Waals surface area contributed by atoms with Gasteiger partial charge in [0.25, 0.3) is 0 Å². The van der Waals surface area contributed by atoms with Gasteiger partial charge in [-0.15, -0.1) is 0 Å². The first kappa shape index (κ1) is 12.9. The fourth-order valence-corrected chi connectivity index (χ4v) is 1.76. The fraction of sp³-hybridized carbons (Fsp3) is 0. The molecular formula is C14H12N4S. The summed E-state index contributed by atoms with van der Waals surface area (Å²) in [4.78, 5) is 0. The van der Waals surface area contributed by atoms with E-state index in [9.17, 15) is 0 Å². The molecule has 2 aromatic carbocycles. The molecule has 0 bridgehead atoms. The molecule has 0 spiro atoms. The van der Waals surface area contributed by atoms with Gasteiger partial charge in [0.2, 0.25) is 0 Å². The molecule has 0 saturated heterocycles. The summed E-state index contributed by atoms with van der Waals surface area (Å²) in [5.41, 5.74) is 8.51. The zero-order valence-electron chi connectivity index (χ0n) is 10.1. The monoisotopic (exact) mass is 268 g/mol. The third kappa shape index (κ3) is 3.69. The maximum atomic E-state index is 8.82. The average molecular weight is 268 g/mol.